The van der Waals surface area contributed by atoms with Crippen LogP contribution in [0.2, 0.25) is 0 Å². The highest BCUT2D eigenvalue weighted by molar-refractivity contribution is 8.01. The highest BCUT2D eigenvalue weighted by atomic mass is 32.2. The van der Waals surface area contributed by atoms with Crippen LogP contribution in [0.5, 0.6) is 5.75 Å². The first-order valence-corrected chi connectivity index (χ1v) is 12.4. The van der Waals surface area contributed by atoms with Gasteiger partial charge in [0.2, 0.25) is 11.0 Å². The number of hydrogen-bond donors (Lipinski definition) is 1. The standard InChI is InChI=1S/C17H22N4O4S3/c1-3-21(13-7-8-28(23,24)11-13)15(22)10-26-17-20-19-16(27-17)18-12-5-4-6-14(9-12)25-2/h4-6,9,13H,3,7-8,10-11H2,1-2H3,(H,18,19). The molecule has 3 rings (SSSR count). The summed E-state index contributed by atoms with van der Waals surface area (Å²) in [6, 6.07) is 7.26. The molecule has 1 fully saturated rings. The van der Waals surface area contributed by atoms with E-state index in [-0.39, 0.29) is 29.2 Å². The molecule has 0 aliphatic carbocycles. The molecule has 1 atom stereocenters. The van der Waals surface area contributed by atoms with Crippen LogP contribution in [-0.2, 0) is 14.6 Å². The summed E-state index contributed by atoms with van der Waals surface area (Å²) in [5.74, 6) is 1.09. The fourth-order valence-corrected chi connectivity index (χ4v) is 6.40. The third-order valence-corrected chi connectivity index (χ3v) is 8.06. The van der Waals surface area contributed by atoms with Crippen LogP contribution < -0.4 is 10.1 Å². The molecule has 1 amide bonds. The molecule has 2 heterocycles. The van der Waals surface area contributed by atoms with Crippen molar-refractivity contribution in [3.05, 3.63) is 24.3 Å². The lowest BCUT2D eigenvalue weighted by molar-refractivity contribution is -0.129. The summed E-state index contributed by atoms with van der Waals surface area (Å²) < 4.78 is 29.2. The molecule has 0 radical (unpaired) electrons. The van der Waals surface area contributed by atoms with Gasteiger partial charge in [0.25, 0.3) is 0 Å². The van der Waals surface area contributed by atoms with E-state index in [0.29, 0.717) is 22.4 Å². The molecular weight excluding hydrogens is 420 g/mol. The Hall–Kier alpha value is -1.85. The largest absolute Gasteiger partial charge is 0.497 e. The summed E-state index contributed by atoms with van der Waals surface area (Å²) in [4.78, 5) is 14.2. The topological polar surface area (TPSA) is 101 Å². The van der Waals surface area contributed by atoms with Crippen molar-refractivity contribution in [3.8, 4) is 5.75 Å². The van der Waals surface area contributed by atoms with Gasteiger partial charge in [0, 0.05) is 24.3 Å². The van der Waals surface area contributed by atoms with Gasteiger partial charge in [-0.05, 0) is 25.5 Å². The molecule has 1 unspecified atom stereocenters. The Balaban J connectivity index is 1.55. The molecule has 1 aromatic carbocycles. The lowest BCUT2D eigenvalue weighted by Crippen LogP contribution is -2.41. The number of carbonyl (C=O) groups excluding carboxylic acids is 1. The number of carbonyl (C=O) groups is 1. The van der Waals surface area contributed by atoms with Crippen molar-refractivity contribution >= 4 is 49.7 Å². The van der Waals surface area contributed by atoms with Crippen molar-refractivity contribution in [2.45, 2.75) is 23.7 Å². The molecule has 1 aromatic heterocycles. The third kappa shape index (κ3) is 5.36. The number of benzene rings is 1. The van der Waals surface area contributed by atoms with Crippen LogP contribution >= 0.6 is 23.1 Å². The maximum absolute atomic E-state index is 12.6. The number of hydrogen-bond acceptors (Lipinski definition) is 9. The van der Waals surface area contributed by atoms with Crippen molar-refractivity contribution in [2.75, 3.05) is 36.2 Å². The van der Waals surface area contributed by atoms with E-state index in [0.717, 1.165) is 11.4 Å². The van der Waals surface area contributed by atoms with Crippen LogP contribution in [-0.4, -0.2) is 66.4 Å². The van der Waals surface area contributed by atoms with E-state index in [2.05, 4.69) is 15.5 Å². The molecule has 1 saturated heterocycles. The smallest absolute Gasteiger partial charge is 0.233 e. The first-order valence-electron chi connectivity index (χ1n) is 8.77. The van der Waals surface area contributed by atoms with E-state index >= 15 is 0 Å². The van der Waals surface area contributed by atoms with E-state index in [1.807, 2.05) is 31.2 Å². The quantitative estimate of drug-likeness (QED) is 0.622. The first kappa shape index (κ1) is 20.9. The predicted octanol–water partition coefficient (Wildman–Crippen LogP) is 2.42. The van der Waals surface area contributed by atoms with Gasteiger partial charge in [0.15, 0.2) is 14.2 Å². The minimum Gasteiger partial charge on any atom is -0.497 e. The number of methoxy groups -OCH3 is 1. The van der Waals surface area contributed by atoms with Gasteiger partial charge in [-0.15, -0.1) is 10.2 Å². The monoisotopic (exact) mass is 442 g/mol. The van der Waals surface area contributed by atoms with Crippen molar-refractivity contribution in [3.63, 3.8) is 0 Å². The van der Waals surface area contributed by atoms with Gasteiger partial charge < -0.3 is 15.0 Å². The SMILES string of the molecule is CCN(C(=O)CSc1nnc(Nc2cccc(OC)c2)s1)C1CCS(=O)(=O)C1. The second-order valence-electron chi connectivity index (χ2n) is 6.26. The Kier molecular flexibility index (Phi) is 6.78. The molecule has 1 N–H and O–H groups in total. The van der Waals surface area contributed by atoms with Crippen LogP contribution in [0, 0.1) is 0 Å². The minimum atomic E-state index is -3.02. The third-order valence-electron chi connectivity index (χ3n) is 4.36. The molecule has 0 saturated carbocycles. The van der Waals surface area contributed by atoms with Gasteiger partial charge in [0.05, 0.1) is 24.4 Å². The zero-order valence-corrected chi connectivity index (χ0v) is 18.1. The fourth-order valence-electron chi connectivity index (χ4n) is 3.01. The van der Waals surface area contributed by atoms with E-state index in [1.54, 1.807) is 12.0 Å². The van der Waals surface area contributed by atoms with Gasteiger partial charge in [-0.1, -0.05) is 29.2 Å². The Labute approximate surface area is 172 Å². The van der Waals surface area contributed by atoms with E-state index in [1.165, 1.54) is 23.1 Å². The summed E-state index contributed by atoms with van der Waals surface area (Å²) in [6.45, 7) is 2.37. The summed E-state index contributed by atoms with van der Waals surface area (Å²) in [6.07, 6.45) is 0.514. The van der Waals surface area contributed by atoms with E-state index in [4.69, 9.17) is 4.74 Å². The van der Waals surface area contributed by atoms with Gasteiger partial charge in [-0.25, -0.2) is 8.42 Å². The highest BCUT2D eigenvalue weighted by Crippen LogP contribution is 2.29. The van der Waals surface area contributed by atoms with Gasteiger partial charge in [-0.2, -0.15) is 0 Å². The van der Waals surface area contributed by atoms with Gasteiger partial charge in [0.1, 0.15) is 5.75 Å². The average molecular weight is 443 g/mol. The number of nitrogens with one attached hydrogen (secondary N) is 1. The lowest BCUT2D eigenvalue weighted by atomic mass is 10.2. The van der Waals surface area contributed by atoms with Crippen LogP contribution in [0.15, 0.2) is 28.6 Å². The second-order valence-corrected chi connectivity index (χ2v) is 10.7. The zero-order chi connectivity index (χ0) is 20.1. The number of amides is 1. The minimum absolute atomic E-state index is 0.0602. The number of anilines is 2. The normalized spacial score (nSPS) is 18.0. The summed E-state index contributed by atoms with van der Waals surface area (Å²) in [5, 5.41) is 12.0. The van der Waals surface area contributed by atoms with Gasteiger partial charge >= 0.3 is 0 Å². The number of aromatic nitrogens is 2. The molecule has 152 valence electrons. The molecule has 0 bridgehead atoms. The van der Waals surface area contributed by atoms with Crippen LogP contribution in [0.4, 0.5) is 10.8 Å². The molecule has 2 aromatic rings. The zero-order valence-electron chi connectivity index (χ0n) is 15.6. The Morgan fingerprint density at radius 1 is 1.43 bits per heavy atom. The molecule has 0 spiro atoms. The second kappa shape index (κ2) is 9.10. The van der Waals surface area contributed by atoms with Crippen molar-refractivity contribution < 1.29 is 17.9 Å². The maximum atomic E-state index is 12.6. The molecule has 1 aliphatic heterocycles. The van der Waals surface area contributed by atoms with Crippen LogP contribution in [0.25, 0.3) is 0 Å². The molecule has 11 heteroatoms. The number of sulfone groups is 1. The predicted molar refractivity (Wildman–Crippen MR) is 111 cm³/mol. The Bertz CT molecular complexity index is 932. The highest BCUT2D eigenvalue weighted by Gasteiger charge is 2.33. The lowest BCUT2D eigenvalue weighted by Gasteiger charge is -2.26. The number of thioether (sulfide) groups is 1. The number of rotatable bonds is 8. The van der Waals surface area contributed by atoms with E-state index in [9.17, 15) is 13.2 Å². The van der Waals surface area contributed by atoms with Crippen molar-refractivity contribution in [1.82, 2.24) is 15.1 Å². The molecule has 1 aliphatic rings. The molecule has 8 nitrogen and oxygen atoms in total. The Morgan fingerprint density at radius 2 is 2.25 bits per heavy atom. The summed E-state index contributed by atoms with van der Waals surface area (Å²) >= 11 is 2.67. The first-order chi connectivity index (χ1) is 13.4. The number of nitrogens with zero attached hydrogens (tertiary/aromatic N) is 3. The van der Waals surface area contributed by atoms with Crippen LogP contribution in [0.1, 0.15) is 13.3 Å². The number of ether oxygens (including phenoxy) is 1. The fraction of sp³-hybridized carbons (Fsp3) is 0.471. The molecular formula is C17H22N4O4S3. The summed E-state index contributed by atoms with van der Waals surface area (Å²) in [7, 11) is -1.41. The average Bonchev–Trinajstić information content (AvgIpc) is 3.26. The van der Waals surface area contributed by atoms with E-state index < -0.39 is 9.84 Å². The maximum Gasteiger partial charge on any atom is 0.233 e. The summed E-state index contributed by atoms with van der Waals surface area (Å²) in [5.41, 5.74) is 0.836. The Morgan fingerprint density at radius 3 is 2.93 bits per heavy atom. The molecule has 28 heavy (non-hydrogen) atoms. The van der Waals surface area contributed by atoms with Crippen molar-refractivity contribution in [2.24, 2.45) is 0 Å². The van der Waals surface area contributed by atoms with Crippen molar-refractivity contribution in [1.29, 1.82) is 0 Å². The van der Waals surface area contributed by atoms with Gasteiger partial charge in [-0.3, -0.25) is 4.79 Å². The van der Waals surface area contributed by atoms with Crippen LogP contribution in [0.3, 0.4) is 0 Å².